The number of nitrogens with one attached hydrogen (secondary N) is 1. The van der Waals surface area contributed by atoms with Crippen molar-refractivity contribution < 1.29 is 8.42 Å². The Morgan fingerprint density at radius 3 is 2.50 bits per heavy atom. The highest BCUT2D eigenvalue weighted by Gasteiger charge is 2.15. The lowest BCUT2D eigenvalue weighted by Gasteiger charge is -2.10. The van der Waals surface area contributed by atoms with E-state index < -0.39 is 15.3 Å². The molecule has 5 heteroatoms. The van der Waals surface area contributed by atoms with Crippen LogP contribution in [0.2, 0.25) is 0 Å². The summed E-state index contributed by atoms with van der Waals surface area (Å²) in [4.78, 5) is 0. The third-order valence-electron chi connectivity index (χ3n) is 1.77. The predicted octanol–water partition coefficient (Wildman–Crippen LogP) is 1.42. The number of benzene rings is 1. The first-order chi connectivity index (χ1) is 6.42. The Morgan fingerprint density at radius 1 is 1.36 bits per heavy atom. The van der Waals surface area contributed by atoms with Gasteiger partial charge in [0.05, 0.1) is 10.9 Å². The molecule has 0 aliphatic carbocycles. The molecule has 0 fully saturated rings. The van der Waals surface area contributed by atoms with Gasteiger partial charge in [-0.15, -0.1) is 0 Å². The highest BCUT2D eigenvalue weighted by molar-refractivity contribution is 7.93. The lowest BCUT2D eigenvalue weighted by Crippen LogP contribution is -2.22. The first kappa shape index (κ1) is 10.8. The minimum atomic E-state index is -3.27. The monoisotopic (exact) mass is 214 g/mol. The largest absolute Gasteiger partial charge is 0.399 e. The fraction of sp³-hybridized carbons (Fsp3) is 0.333. The molecule has 0 aliphatic heterocycles. The fourth-order valence-corrected chi connectivity index (χ4v) is 1.58. The zero-order valence-corrected chi connectivity index (χ0v) is 9.01. The predicted molar refractivity (Wildman–Crippen MR) is 58.5 cm³/mol. The molecular formula is C9H14N2O2S. The van der Waals surface area contributed by atoms with Crippen LogP contribution in [0.15, 0.2) is 24.3 Å². The lowest BCUT2D eigenvalue weighted by molar-refractivity contribution is 0.593. The average Bonchev–Trinajstić information content (AvgIpc) is 2.02. The van der Waals surface area contributed by atoms with E-state index in [0.29, 0.717) is 11.4 Å². The van der Waals surface area contributed by atoms with Gasteiger partial charge >= 0.3 is 0 Å². The van der Waals surface area contributed by atoms with Crippen LogP contribution in [0.4, 0.5) is 11.4 Å². The van der Waals surface area contributed by atoms with Gasteiger partial charge in [-0.25, -0.2) is 8.42 Å². The fourth-order valence-electron chi connectivity index (χ4n) is 0.884. The number of hydrogen-bond acceptors (Lipinski definition) is 3. The van der Waals surface area contributed by atoms with E-state index in [1.807, 2.05) is 0 Å². The lowest BCUT2D eigenvalue weighted by atomic mass is 10.3. The molecule has 0 atom stereocenters. The summed E-state index contributed by atoms with van der Waals surface area (Å²) in [6.45, 7) is 3.24. The topological polar surface area (TPSA) is 72.2 Å². The summed E-state index contributed by atoms with van der Waals surface area (Å²) in [6, 6.07) is 6.65. The molecule has 4 nitrogen and oxygen atoms in total. The standard InChI is InChI=1S/C9H14N2O2S/c1-7(2)14(12,13)11-9-5-3-4-8(10)6-9/h3-7,11H,10H2,1-2H3. The molecule has 0 bridgehead atoms. The van der Waals surface area contributed by atoms with Gasteiger partial charge in [0, 0.05) is 5.69 Å². The second kappa shape index (κ2) is 3.88. The SMILES string of the molecule is CC(C)S(=O)(=O)Nc1cccc(N)c1. The number of sulfonamides is 1. The molecule has 0 spiro atoms. The molecule has 1 aromatic rings. The van der Waals surface area contributed by atoms with E-state index in [0.717, 1.165) is 0 Å². The van der Waals surface area contributed by atoms with Gasteiger partial charge in [0.15, 0.2) is 0 Å². The molecule has 1 rings (SSSR count). The van der Waals surface area contributed by atoms with Crippen molar-refractivity contribution in [2.75, 3.05) is 10.5 Å². The van der Waals surface area contributed by atoms with Gasteiger partial charge < -0.3 is 5.73 Å². The van der Waals surface area contributed by atoms with Crippen molar-refractivity contribution in [3.63, 3.8) is 0 Å². The molecule has 78 valence electrons. The number of nitrogen functional groups attached to an aromatic ring is 1. The molecule has 3 N–H and O–H groups in total. The summed E-state index contributed by atoms with van der Waals surface area (Å²) in [5, 5.41) is -0.455. The maximum Gasteiger partial charge on any atom is 0.235 e. The summed E-state index contributed by atoms with van der Waals surface area (Å²) in [6.07, 6.45) is 0. The summed E-state index contributed by atoms with van der Waals surface area (Å²) in [5.74, 6) is 0. The Balaban J connectivity index is 2.90. The number of rotatable bonds is 3. The van der Waals surface area contributed by atoms with Crippen LogP contribution in [0.1, 0.15) is 13.8 Å². The Hall–Kier alpha value is -1.23. The van der Waals surface area contributed by atoms with Crippen LogP contribution < -0.4 is 10.5 Å². The quantitative estimate of drug-likeness (QED) is 0.747. The highest BCUT2D eigenvalue weighted by Crippen LogP contribution is 2.14. The first-order valence-electron chi connectivity index (χ1n) is 4.29. The molecule has 0 heterocycles. The molecule has 0 aromatic heterocycles. The van der Waals surface area contributed by atoms with E-state index in [4.69, 9.17) is 5.73 Å². The zero-order valence-electron chi connectivity index (χ0n) is 8.19. The third-order valence-corrected chi connectivity index (χ3v) is 3.53. The Labute approximate surface area is 84.2 Å². The van der Waals surface area contributed by atoms with Crippen molar-refractivity contribution in [2.45, 2.75) is 19.1 Å². The van der Waals surface area contributed by atoms with Crippen molar-refractivity contribution in [1.82, 2.24) is 0 Å². The zero-order chi connectivity index (χ0) is 10.8. The molecule has 1 aromatic carbocycles. The normalized spacial score (nSPS) is 11.6. The Morgan fingerprint density at radius 2 is 2.00 bits per heavy atom. The van der Waals surface area contributed by atoms with Gasteiger partial charge in [0.1, 0.15) is 0 Å². The van der Waals surface area contributed by atoms with Crippen LogP contribution in [0.5, 0.6) is 0 Å². The first-order valence-corrected chi connectivity index (χ1v) is 5.83. The third kappa shape index (κ3) is 2.63. The molecule has 0 unspecified atom stereocenters. The van der Waals surface area contributed by atoms with E-state index >= 15 is 0 Å². The van der Waals surface area contributed by atoms with Gasteiger partial charge in [0.25, 0.3) is 0 Å². The number of hydrogen-bond donors (Lipinski definition) is 2. The maximum atomic E-state index is 11.5. The van der Waals surface area contributed by atoms with Crippen molar-refractivity contribution in [1.29, 1.82) is 0 Å². The Kier molecular flexibility index (Phi) is 3.00. The van der Waals surface area contributed by atoms with Crippen LogP contribution in [-0.2, 0) is 10.0 Å². The molecule has 0 aliphatic rings. The molecule has 0 amide bonds. The summed E-state index contributed by atoms with van der Waals surface area (Å²) >= 11 is 0. The van der Waals surface area contributed by atoms with Crippen LogP contribution in [0.3, 0.4) is 0 Å². The minimum Gasteiger partial charge on any atom is -0.399 e. The van der Waals surface area contributed by atoms with Gasteiger partial charge in [-0.1, -0.05) is 6.07 Å². The number of nitrogens with two attached hydrogens (primary N) is 1. The van der Waals surface area contributed by atoms with Gasteiger partial charge in [0.2, 0.25) is 10.0 Å². The number of anilines is 2. The molecular weight excluding hydrogens is 200 g/mol. The van der Waals surface area contributed by atoms with E-state index in [9.17, 15) is 8.42 Å². The van der Waals surface area contributed by atoms with E-state index in [2.05, 4.69) is 4.72 Å². The van der Waals surface area contributed by atoms with Crippen molar-refractivity contribution in [3.8, 4) is 0 Å². The molecule has 14 heavy (non-hydrogen) atoms. The smallest absolute Gasteiger partial charge is 0.235 e. The highest BCUT2D eigenvalue weighted by atomic mass is 32.2. The molecule has 0 radical (unpaired) electrons. The summed E-state index contributed by atoms with van der Waals surface area (Å²) in [5.41, 5.74) is 6.55. The maximum absolute atomic E-state index is 11.5. The summed E-state index contributed by atoms with van der Waals surface area (Å²) < 4.78 is 25.4. The van der Waals surface area contributed by atoms with Gasteiger partial charge in [-0.2, -0.15) is 0 Å². The van der Waals surface area contributed by atoms with E-state index in [-0.39, 0.29) is 0 Å². The summed E-state index contributed by atoms with van der Waals surface area (Å²) in [7, 11) is -3.27. The van der Waals surface area contributed by atoms with E-state index in [1.54, 1.807) is 38.1 Å². The molecule has 0 saturated heterocycles. The van der Waals surface area contributed by atoms with Crippen molar-refractivity contribution in [2.24, 2.45) is 0 Å². The van der Waals surface area contributed by atoms with Crippen LogP contribution in [0, 0.1) is 0 Å². The average molecular weight is 214 g/mol. The Bertz CT molecular complexity index is 413. The second-order valence-electron chi connectivity index (χ2n) is 3.32. The molecule has 0 saturated carbocycles. The van der Waals surface area contributed by atoms with Crippen LogP contribution in [0.25, 0.3) is 0 Å². The second-order valence-corrected chi connectivity index (χ2v) is 5.56. The van der Waals surface area contributed by atoms with Crippen molar-refractivity contribution in [3.05, 3.63) is 24.3 Å². The van der Waals surface area contributed by atoms with E-state index in [1.165, 1.54) is 0 Å². The van der Waals surface area contributed by atoms with Gasteiger partial charge in [-0.05, 0) is 32.0 Å². The van der Waals surface area contributed by atoms with Crippen molar-refractivity contribution >= 4 is 21.4 Å². The van der Waals surface area contributed by atoms with Gasteiger partial charge in [-0.3, -0.25) is 4.72 Å². The van der Waals surface area contributed by atoms with Crippen LogP contribution in [-0.4, -0.2) is 13.7 Å². The van der Waals surface area contributed by atoms with Crippen LogP contribution >= 0.6 is 0 Å². The minimum absolute atomic E-state index is 0.455.